The highest BCUT2D eigenvalue weighted by atomic mass is 15.2. The second-order valence-electron chi connectivity index (χ2n) is 3.70. The van der Waals surface area contributed by atoms with Crippen molar-refractivity contribution in [2.75, 3.05) is 18.0 Å². The van der Waals surface area contributed by atoms with Crippen molar-refractivity contribution in [3.05, 3.63) is 18.6 Å². The van der Waals surface area contributed by atoms with Gasteiger partial charge in [-0.3, -0.25) is 0 Å². The highest BCUT2D eigenvalue weighted by Gasteiger charge is 2.16. The van der Waals surface area contributed by atoms with Crippen LogP contribution in [-0.4, -0.2) is 23.1 Å². The molecule has 1 atom stereocenters. The molecule has 0 aliphatic carbocycles. The average Bonchev–Trinajstić information content (AvgIpc) is 2.19. The molecule has 0 bridgehead atoms. The van der Waals surface area contributed by atoms with Crippen LogP contribution < -0.4 is 4.90 Å². The van der Waals surface area contributed by atoms with Crippen LogP contribution in [0.15, 0.2) is 12.4 Å². The van der Waals surface area contributed by atoms with Crippen LogP contribution in [0.1, 0.15) is 19.8 Å². The van der Waals surface area contributed by atoms with Crippen LogP contribution in [0.25, 0.3) is 0 Å². The van der Waals surface area contributed by atoms with Gasteiger partial charge in [0, 0.05) is 13.1 Å². The maximum absolute atomic E-state index is 4.24. The molecule has 0 saturated carbocycles. The van der Waals surface area contributed by atoms with Crippen molar-refractivity contribution in [2.45, 2.75) is 19.8 Å². The lowest BCUT2D eigenvalue weighted by molar-refractivity contribution is 0.444. The van der Waals surface area contributed by atoms with E-state index in [1.807, 2.05) is 0 Å². The number of nitrogens with zero attached hydrogens (tertiary/aromatic N) is 3. The monoisotopic (exact) mass is 176 g/mol. The van der Waals surface area contributed by atoms with Gasteiger partial charge in [0.05, 0.1) is 12.4 Å². The normalized spacial score (nSPS) is 23.2. The van der Waals surface area contributed by atoms with Crippen LogP contribution in [0.3, 0.4) is 0 Å². The van der Waals surface area contributed by atoms with E-state index in [-0.39, 0.29) is 0 Å². The zero-order valence-corrected chi connectivity index (χ0v) is 7.90. The third-order valence-electron chi connectivity index (χ3n) is 2.49. The van der Waals surface area contributed by atoms with Crippen LogP contribution >= 0.6 is 0 Å². The number of aromatic nitrogens is 2. The van der Waals surface area contributed by atoms with E-state index < -0.39 is 0 Å². The molecular formula is C10H14N3. The van der Waals surface area contributed by atoms with E-state index in [1.165, 1.54) is 12.8 Å². The van der Waals surface area contributed by atoms with E-state index in [0.717, 1.165) is 24.8 Å². The molecule has 13 heavy (non-hydrogen) atoms. The topological polar surface area (TPSA) is 29.0 Å². The van der Waals surface area contributed by atoms with E-state index in [0.29, 0.717) is 0 Å². The first-order valence-corrected chi connectivity index (χ1v) is 4.79. The van der Waals surface area contributed by atoms with Crippen molar-refractivity contribution in [2.24, 2.45) is 5.92 Å². The zero-order valence-electron chi connectivity index (χ0n) is 7.90. The van der Waals surface area contributed by atoms with Crippen molar-refractivity contribution in [3.63, 3.8) is 0 Å². The molecule has 1 saturated heterocycles. The molecule has 1 unspecified atom stereocenters. The predicted molar refractivity (Wildman–Crippen MR) is 51.5 cm³/mol. The molecule has 3 nitrogen and oxygen atoms in total. The molecule has 1 aromatic rings. The second-order valence-corrected chi connectivity index (χ2v) is 3.70. The molecule has 1 aliphatic heterocycles. The Morgan fingerprint density at radius 1 is 1.62 bits per heavy atom. The molecular weight excluding hydrogens is 162 g/mol. The average molecular weight is 176 g/mol. The number of anilines is 1. The molecule has 69 valence electrons. The summed E-state index contributed by atoms with van der Waals surface area (Å²) in [6, 6.07) is 0. The van der Waals surface area contributed by atoms with Crippen LogP contribution in [0.2, 0.25) is 0 Å². The SMILES string of the molecule is CC1CCCN(c2cn[c]cn2)C1. The van der Waals surface area contributed by atoms with Gasteiger partial charge in [-0.15, -0.1) is 0 Å². The van der Waals surface area contributed by atoms with Gasteiger partial charge < -0.3 is 4.90 Å². The minimum Gasteiger partial charge on any atom is -0.355 e. The fourth-order valence-corrected chi connectivity index (χ4v) is 1.82. The molecule has 1 fully saturated rings. The summed E-state index contributed by atoms with van der Waals surface area (Å²) in [5.41, 5.74) is 0. The molecule has 0 amide bonds. The molecule has 2 heterocycles. The van der Waals surface area contributed by atoms with Gasteiger partial charge in [0.25, 0.3) is 0 Å². The Labute approximate surface area is 78.8 Å². The minimum atomic E-state index is 0.778. The molecule has 0 spiro atoms. The van der Waals surface area contributed by atoms with Gasteiger partial charge in [-0.2, -0.15) is 0 Å². The van der Waals surface area contributed by atoms with Gasteiger partial charge in [-0.05, 0) is 18.8 Å². The minimum absolute atomic E-state index is 0.778. The molecule has 3 heteroatoms. The standard InChI is InChI=1S/C10H14N3/c1-9-3-2-6-13(8-9)10-7-11-4-5-12-10/h5,7,9H,2-3,6,8H2,1H3. The summed E-state index contributed by atoms with van der Waals surface area (Å²) in [4.78, 5) is 10.5. The first-order valence-electron chi connectivity index (χ1n) is 4.79. The van der Waals surface area contributed by atoms with E-state index in [4.69, 9.17) is 0 Å². The van der Waals surface area contributed by atoms with Crippen LogP contribution in [-0.2, 0) is 0 Å². The van der Waals surface area contributed by atoms with Gasteiger partial charge in [0.2, 0.25) is 0 Å². The summed E-state index contributed by atoms with van der Waals surface area (Å²) < 4.78 is 0. The van der Waals surface area contributed by atoms with Crippen molar-refractivity contribution in [3.8, 4) is 0 Å². The first kappa shape index (κ1) is 8.48. The Bertz CT molecular complexity index is 260. The molecule has 0 N–H and O–H groups in total. The number of rotatable bonds is 1. The molecule has 1 radical (unpaired) electrons. The summed E-state index contributed by atoms with van der Waals surface area (Å²) in [5, 5.41) is 0. The summed E-state index contributed by atoms with van der Waals surface area (Å²) in [6.45, 7) is 4.51. The summed E-state index contributed by atoms with van der Waals surface area (Å²) >= 11 is 0. The lowest BCUT2D eigenvalue weighted by atomic mass is 10.0. The Kier molecular flexibility index (Phi) is 2.43. The lowest BCUT2D eigenvalue weighted by Crippen LogP contribution is -2.34. The third kappa shape index (κ3) is 1.97. The Hall–Kier alpha value is -1.12. The summed E-state index contributed by atoms with van der Waals surface area (Å²) in [7, 11) is 0. The summed E-state index contributed by atoms with van der Waals surface area (Å²) in [5.74, 6) is 1.77. The van der Waals surface area contributed by atoms with Gasteiger partial charge >= 0.3 is 0 Å². The van der Waals surface area contributed by atoms with Crippen molar-refractivity contribution in [1.82, 2.24) is 9.97 Å². The first-order chi connectivity index (χ1) is 6.36. The zero-order chi connectivity index (χ0) is 9.10. The predicted octanol–water partition coefficient (Wildman–Crippen LogP) is 1.51. The highest BCUT2D eigenvalue weighted by Crippen LogP contribution is 2.19. The highest BCUT2D eigenvalue weighted by molar-refractivity contribution is 5.35. The Morgan fingerprint density at radius 2 is 2.54 bits per heavy atom. The fourth-order valence-electron chi connectivity index (χ4n) is 1.82. The van der Waals surface area contributed by atoms with Crippen molar-refractivity contribution in [1.29, 1.82) is 0 Å². The quantitative estimate of drug-likeness (QED) is 0.649. The van der Waals surface area contributed by atoms with Gasteiger partial charge in [0.1, 0.15) is 12.0 Å². The van der Waals surface area contributed by atoms with Gasteiger partial charge in [-0.25, -0.2) is 9.97 Å². The van der Waals surface area contributed by atoms with Crippen molar-refractivity contribution < 1.29 is 0 Å². The lowest BCUT2D eigenvalue weighted by Gasteiger charge is -2.31. The van der Waals surface area contributed by atoms with Crippen LogP contribution in [0, 0.1) is 12.1 Å². The van der Waals surface area contributed by atoms with E-state index >= 15 is 0 Å². The number of piperidine rings is 1. The number of hydrogen-bond donors (Lipinski definition) is 0. The molecule has 1 aliphatic rings. The van der Waals surface area contributed by atoms with Crippen LogP contribution in [0.5, 0.6) is 0 Å². The molecule has 0 aromatic carbocycles. The largest absolute Gasteiger partial charge is 0.355 e. The van der Waals surface area contributed by atoms with E-state index in [2.05, 4.69) is 28.0 Å². The Morgan fingerprint density at radius 3 is 3.23 bits per heavy atom. The second kappa shape index (κ2) is 3.73. The van der Waals surface area contributed by atoms with Crippen LogP contribution in [0.4, 0.5) is 5.82 Å². The Balaban J connectivity index is 2.08. The molecule has 1 aromatic heterocycles. The fraction of sp³-hybridized carbons (Fsp3) is 0.600. The van der Waals surface area contributed by atoms with Gasteiger partial charge in [0.15, 0.2) is 0 Å². The third-order valence-corrected chi connectivity index (χ3v) is 2.49. The van der Waals surface area contributed by atoms with E-state index in [9.17, 15) is 0 Å². The van der Waals surface area contributed by atoms with Gasteiger partial charge in [-0.1, -0.05) is 6.92 Å². The molecule has 2 rings (SSSR count). The van der Waals surface area contributed by atoms with E-state index in [1.54, 1.807) is 12.4 Å². The maximum Gasteiger partial charge on any atom is 0.147 e. The smallest absolute Gasteiger partial charge is 0.147 e. The van der Waals surface area contributed by atoms with Crippen molar-refractivity contribution >= 4 is 5.82 Å². The summed E-state index contributed by atoms with van der Waals surface area (Å²) in [6.07, 6.45) is 8.72. The number of hydrogen-bond acceptors (Lipinski definition) is 3. The maximum atomic E-state index is 4.24.